The van der Waals surface area contributed by atoms with E-state index in [1.807, 2.05) is 0 Å². The van der Waals surface area contributed by atoms with Gasteiger partial charge in [-0.2, -0.15) is 0 Å². The number of nitrogens with zero attached hydrogens (tertiary/aromatic N) is 1. The van der Waals surface area contributed by atoms with Crippen LogP contribution in [-0.4, -0.2) is 16.3 Å². The van der Waals surface area contributed by atoms with Crippen LogP contribution < -0.4 is 5.73 Å². The van der Waals surface area contributed by atoms with Crippen molar-refractivity contribution in [3.8, 4) is 0 Å². The van der Waals surface area contributed by atoms with Crippen molar-refractivity contribution in [2.45, 2.75) is 51.5 Å². The second kappa shape index (κ2) is 4.66. The van der Waals surface area contributed by atoms with Gasteiger partial charge in [0, 0.05) is 30.2 Å². The number of nitrogens with two attached hydrogens (primary N) is 1. The Morgan fingerprint density at radius 2 is 2.21 bits per heavy atom. The molecule has 1 aliphatic rings. The minimum atomic E-state index is 0.0377. The SMILES string of the molecule is CC1(C)CCC(Cn2ccc3c(CN)cccc32)O1. The zero-order valence-electron chi connectivity index (χ0n) is 11.7. The third kappa shape index (κ3) is 2.40. The van der Waals surface area contributed by atoms with Crippen LogP contribution in [0.15, 0.2) is 30.5 Å². The first kappa shape index (κ1) is 12.7. The van der Waals surface area contributed by atoms with E-state index in [-0.39, 0.29) is 5.60 Å². The third-order valence-corrected chi connectivity index (χ3v) is 4.08. The standard InChI is InChI=1S/C16H22N2O/c1-16(2)8-6-13(19-16)11-18-9-7-14-12(10-17)4-3-5-15(14)18/h3-5,7,9,13H,6,8,10-11,17H2,1-2H3. The van der Waals surface area contributed by atoms with Crippen LogP contribution in [0, 0.1) is 0 Å². The van der Waals surface area contributed by atoms with Crippen LogP contribution in [0.3, 0.4) is 0 Å². The van der Waals surface area contributed by atoms with Gasteiger partial charge < -0.3 is 15.0 Å². The second-order valence-corrected chi connectivity index (χ2v) is 6.06. The second-order valence-electron chi connectivity index (χ2n) is 6.06. The summed E-state index contributed by atoms with van der Waals surface area (Å²) in [5, 5.41) is 1.27. The van der Waals surface area contributed by atoms with Crippen molar-refractivity contribution in [1.82, 2.24) is 4.57 Å². The molecule has 2 N–H and O–H groups in total. The van der Waals surface area contributed by atoms with E-state index in [0.717, 1.165) is 19.4 Å². The van der Waals surface area contributed by atoms with Crippen LogP contribution in [0.1, 0.15) is 32.3 Å². The average molecular weight is 258 g/mol. The maximum atomic E-state index is 6.08. The molecule has 2 heterocycles. The van der Waals surface area contributed by atoms with Crippen LogP contribution >= 0.6 is 0 Å². The first-order valence-electron chi connectivity index (χ1n) is 7.04. The van der Waals surface area contributed by atoms with E-state index in [0.29, 0.717) is 12.6 Å². The quantitative estimate of drug-likeness (QED) is 0.919. The lowest BCUT2D eigenvalue weighted by Crippen LogP contribution is -2.22. The summed E-state index contributed by atoms with van der Waals surface area (Å²) in [6.45, 7) is 5.87. The molecule has 1 aliphatic heterocycles. The molecule has 102 valence electrons. The average Bonchev–Trinajstić information content (AvgIpc) is 2.93. The first-order chi connectivity index (χ1) is 9.09. The van der Waals surface area contributed by atoms with Gasteiger partial charge in [0.2, 0.25) is 0 Å². The number of ether oxygens (including phenoxy) is 1. The highest BCUT2D eigenvalue weighted by atomic mass is 16.5. The summed E-state index contributed by atoms with van der Waals surface area (Å²) in [6.07, 6.45) is 4.76. The number of hydrogen-bond acceptors (Lipinski definition) is 2. The zero-order valence-corrected chi connectivity index (χ0v) is 11.7. The van der Waals surface area contributed by atoms with Crippen LogP contribution in [0.4, 0.5) is 0 Å². The molecule has 3 rings (SSSR count). The molecule has 1 fully saturated rings. The van der Waals surface area contributed by atoms with Crippen LogP contribution in [0.5, 0.6) is 0 Å². The zero-order chi connectivity index (χ0) is 13.5. The maximum Gasteiger partial charge on any atom is 0.0762 e. The van der Waals surface area contributed by atoms with Gasteiger partial charge in [0.25, 0.3) is 0 Å². The smallest absolute Gasteiger partial charge is 0.0762 e. The van der Waals surface area contributed by atoms with Crippen LogP contribution in [-0.2, 0) is 17.8 Å². The minimum absolute atomic E-state index is 0.0377. The molecule has 0 saturated carbocycles. The summed E-state index contributed by atoms with van der Waals surface area (Å²) in [7, 11) is 0. The van der Waals surface area contributed by atoms with Gasteiger partial charge in [-0.1, -0.05) is 12.1 Å². The Bertz CT molecular complexity index is 585. The number of hydrogen-bond donors (Lipinski definition) is 1. The molecule has 0 spiro atoms. The summed E-state index contributed by atoms with van der Waals surface area (Å²) in [5.41, 5.74) is 8.30. The highest BCUT2D eigenvalue weighted by Crippen LogP contribution is 2.31. The van der Waals surface area contributed by atoms with E-state index < -0.39 is 0 Å². The van der Waals surface area contributed by atoms with Gasteiger partial charge in [0.05, 0.1) is 11.7 Å². The van der Waals surface area contributed by atoms with E-state index in [1.165, 1.54) is 16.5 Å². The van der Waals surface area contributed by atoms with Crippen molar-refractivity contribution >= 4 is 10.9 Å². The molecule has 1 aromatic heterocycles. The van der Waals surface area contributed by atoms with Gasteiger partial charge in [-0.3, -0.25) is 0 Å². The number of rotatable bonds is 3. The van der Waals surface area contributed by atoms with Gasteiger partial charge in [0.1, 0.15) is 0 Å². The highest BCUT2D eigenvalue weighted by molar-refractivity contribution is 5.83. The fourth-order valence-electron chi connectivity index (χ4n) is 3.05. The van der Waals surface area contributed by atoms with E-state index in [1.54, 1.807) is 0 Å². The summed E-state index contributed by atoms with van der Waals surface area (Å²) in [4.78, 5) is 0. The first-order valence-corrected chi connectivity index (χ1v) is 7.04. The molecule has 1 aromatic carbocycles. The van der Waals surface area contributed by atoms with Crippen LogP contribution in [0.2, 0.25) is 0 Å². The Morgan fingerprint density at radius 1 is 1.37 bits per heavy atom. The van der Waals surface area contributed by atoms with E-state index >= 15 is 0 Å². The van der Waals surface area contributed by atoms with Crippen LogP contribution in [0.25, 0.3) is 10.9 Å². The third-order valence-electron chi connectivity index (χ3n) is 4.08. The molecule has 0 bridgehead atoms. The van der Waals surface area contributed by atoms with Gasteiger partial charge >= 0.3 is 0 Å². The Hall–Kier alpha value is -1.32. The summed E-state index contributed by atoms with van der Waals surface area (Å²) >= 11 is 0. The largest absolute Gasteiger partial charge is 0.370 e. The predicted molar refractivity (Wildman–Crippen MR) is 78.0 cm³/mol. The number of aromatic nitrogens is 1. The molecule has 19 heavy (non-hydrogen) atoms. The fraction of sp³-hybridized carbons (Fsp3) is 0.500. The molecule has 3 nitrogen and oxygen atoms in total. The van der Waals surface area contributed by atoms with E-state index in [9.17, 15) is 0 Å². The Labute approximate surface area is 114 Å². The molecule has 0 amide bonds. The fourth-order valence-corrected chi connectivity index (χ4v) is 3.05. The van der Waals surface area contributed by atoms with Crippen molar-refractivity contribution in [3.05, 3.63) is 36.0 Å². The molecule has 1 atom stereocenters. The molecule has 1 unspecified atom stereocenters. The molecular weight excluding hydrogens is 236 g/mol. The van der Waals surface area contributed by atoms with Gasteiger partial charge in [-0.05, 0) is 44.4 Å². The monoisotopic (exact) mass is 258 g/mol. The predicted octanol–water partition coefficient (Wildman–Crippen LogP) is 3.06. The minimum Gasteiger partial charge on any atom is -0.370 e. The van der Waals surface area contributed by atoms with Crippen molar-refractivity contribution in [3.63, 3.8) is 0 Å². The Balaban J connectivity index is 1.86. The topological polar surface area (TPSA) is 40.2 Å². The van der Waals surface area contributed by atoms with E-state index in [2.05, 4.69) is 48.9 Å². The normalized spacial score (nSPS) is 22.2. The summed E-state index contributed by atoms with van der Waals surface area (Å²) in [6, 6.07) is 8.51. The van der Waals surface area contributed by atoms with Crippen molar-refractivity contribution in [2.75, 3.05) is 0 Å². The molecular formula is C16H22N2O. The lowest BCUT2D eigenvalue weighted by molar-refractivity contribution is -0.0212. The molecule has 3 heteroatoms. The maximum absolute atomic E-state index is 6.08. The molecule has 0 radical (unpaired) electrons. The van der Waals surface area contributed by atoms with Crippen molar-refractivity contribution in [1.29, 1.82) is 0 Å². The van der Waals surface area contributed by atoms with Crippen molar-refractivity contribution < 1.29 is 4.74 Å². The molecule has 0 aliphatic carbocycles. The molecule has 1 saturated heterocycles. The Kier molecular flexibility index (Phi) is 3.11. The lowest BCUT2D eigenvalue weighted by Gasteiger charge is -2.20. The lowest BCUT2D eigenvalue weighted by atomic mass is 10.1. The van der Waals surface area contributed by atoms with Gasteiger partial charge in [-0.25, -0.2) is 0 Å². The number of fused-ring (bicyclic) bond motifs is 1. The van der Waals surface area contributed by atoms with Crippen molar-refractivity contribution in [2.24, 2.45) is 5.73 Å². The highest BCUT2D eigenvalue weighted by Gasteiger charge is 2.31. The summed E-state index contributed by atoms with van der Waals surface area (Å²) < 4.78 is 8.37. The van der Waals surface area contributed by atoms with Gasteiger partial charge in [-0.15, -0.1) is 0 Å². The van der Waals surface area contributed by atoms with Gasteiger partial charge in [0.15, 0.2) is 0 Å². The Morgan fingerprint density at radius 3 is 2.89 bits per heavy atom. The van der Waals surface area contributed by atoms with E-state index in [4.69, 9.17) is 10.5 Å². The molecule has 2 aromatic rings. The number of benzene rings is 1. The summed E-state index contributed by atoms with van der Waals surface area (Å²) in [5.74, 6) is 0.